The second-order valence-corrected chi connectivity index (χ2v) is 6.42. The largest absolute Gasteiger partial charge is 0.488 e. The molecule has 0 fully saturated rings. The maximum absolute atomic E-state index is 9.46. The van der Waals surface area contributed by atoms with Crippen molar-refractivity contribution in [2.45, 2.75) is 0 Å². The molecule has 1 aromatic carbocycles. The molecule has 0 bridgehead atoms. The molecule has 3 heteroatoms. The minimum absolute atomic E-state index is 0.337. The lowest BCUT2D eigenvalue weighted by atomic mass is 9.63. The van der Waals surface area contributed by atoms with Gasteiger partial charge < -0.3 is 10.0 Å². The van der Waals surface area contributed by atoms with Gasteiger partial charge in [0.25, 0.3) is 0 Å². The van der Waals surface area contributed by atoms with Gasteiger partial charge in [0.05, 0.1) is 0 Å². The van der Waals surface area contributed by atoms with E-state index in [9.17, 15) is 10.0 Å². The first-order valence-electron chi connectivity index (χ1n) is 8.12. The molecule has 4 rings (SSSR count). The Balaban J connectivity index is 1.80. The molecule has 0 aromatic heterocycles. The van der Waals surface area contributed by atoms with E-state index in [1.807, 2.05) is 12.1 Å². The maximum Gasteiger partial charge on any atom is 0.488 e. The Labute approximate surface area is 137 Å². The highest BCUT2D eigenvalue weighted by Gasteiger charge is 2.37. The number of benzene rings is 1. The van der Waals surface area contributed by atoms with Crippen LogP contribution in [0.3, 0.4) is 0 Å². The summed E-state index contributed by atoms with van der Waals surface area (Å²) in [6, 6.07) is 7.59. The monoisotopic (exact) mass is 302 g/mol. The smallest absolute Gasteiger partial charge is 0.423 e. The number of allylic oxidation sites excluding steroid dienone is 10. The third kappa shape index (κ3) is 2.56. The van der Waals surface area contributed by atoms with E-state index in [1.165, 1.54) is 5.57 Å². The molecule has 0 spiro atoms. The molecule has 2 N–H and O–H groups in total. The molecule has 0 aliphatic heterocycles. The first kappa shape index (κ1) is 14.5. The molecule has 0 radical (unpaired) electrons. The van der Waals surface area contributed by atoms with Crippen LogP contribution in [0.25, 0.3) is 5.57 Å². The Bertz CT molecular complexity index is 755. The lowest BCUT2D eigenvalue weighted by Crippen LogP contribution is -2.33. The van der Waals surface area contributed by atoms with Crippen LogP contribution in [0, 0.1) is 23.7 Å². The van der Waals surface area contributed by atoms with Gasteiger partial charge in [-0.05, 0) is 28.4 Å². The van der Waals surface area contributed by atoms with Gasteiger partial charge in [-0.15, -0.1) is 0 Å². The molecule has 1 aromatic rings. The predicted molar refractivity (Wildman–Crippen MR) is 94.8 cm³/mol. The third-order valence-electron chi connectivity index (χ3n) is 5.09. The van der Waals surface area contributed by atoms with Gasteiger partial charge in [0.15, 0.2) is 0 Å². The van der Waals surface area contributed by atoms with Crippen molar-refractivity contribution >= 4 is 18.2 Å². The van der Waals surface area contributed by atoms with Gasteiger partial charge in [0.1, 0.15) is 0 Å². The zero-order valence-corrected chi connectivity index (χ0v) is 12.8. The minimum atomic E-state index is -1.43. The summed E-state index contributed by atoms with van der Waals surface area (Å²) in [5.41, 5.74) is 2.89. The van der Waals surface area contributed by atoms with Crippen molar-refractivity contribution in [2.75, 3.05) is 0 Å². The fourth-order valence-electron chi connectivity index (χ4n) is 3.98. The van der Waals surface area contributed by atoms with Crippen molar-refractivity contribution in [3.8, 4) is 0 Å². The first-order valence-corrected chi connectivity index (χ1v) is 8.12. The van der Waals surface area contributed by atoms with Gasteiger partial charge in [0.2, 0.25) is 0 Å². The Morgan fingerprint density at radius 2 is 1.57 bits per heavy atom. The molecule has 3 aliphatic carbocycles. The van der Waals surface area contributed by atoms with Gasteiger partial charge >= 0.3 is 7.12 Å². The Kier molecular flexibility index (Phi) is 3.68. The zero-order chi connectivity index (χ0) is 15.8. The summed E-state index contributed by atoms with van der Waals surface area (Å²) in [7, 11) is -1.43. The molecule has 0 saturated heterocycles. The van der Waals surface area contributed by atoms with Gasteiger partial charge in [-0.3, -0.25) is 0 Å². The molecule has 3 aliphatic rings. The highest BCUT2D eigenvalue weighted by molar-refractivity contribution is 6.58. The second kappa shape index (κ2) is 5.84. The van der Waals surface area contributed by atoms with Gasteiger partial charge in [-0.2, -0.15) is 0 Å². The quantitative estimate of drug-likeness (QED) is 0.824. The van der Waals surface area contributed by atoms with E-state index in [1.54, 1.807) is 6.07 Å². The van der Waals surface area contributed by atoms with E-state index in [2.05, 4.69) is 60.8 Å². The van der Waals surface area contributed by atoms with Crippen LogP contribution >= 0.6 is 0 Å². The maximum atomic E-state index is 9.46. The van der Waals surface area contributed by atoms with Crippen LogP contribution in [0.2, 0.25) is 0 Å². The molecule has 4 atom stereocenters. The molecule has 0 amide bonds. The van der Waals surface area contributed by atoms with E-state index in [0.717, 1.165) is 5.56 Å². The molecule has 0 heterocycles. The van der Waals surface area contributed by atoms with Gasteiger partial charge in [0, 0.05) is 11.8 Å². The van der Waals surface area contributed by atoms with Crippen LogP contribution in [-0.2, 0) is 0 Å². The van der Waals surface area contributed by atoms with E-state index in [-0.39, 0.29) is 0 Å². The number of fused-ring (bicyclic) bond motifs is 3. The Hall–Kier alpha value is -2.10. The lowest BCUT2D eigenvalue weighted by Gasteiger charge is -2.40. The molecule has 23 heavy (non-hydrogen) atoms. The summed E-state index contributed by atoms with van der Waals surface area (Å²) in [5.74, 6) is 1.69. The van der Waals surface area contributed by atoms with Gasteiger partial charge in [-0.1, -0.05) is 78.9 Å². The Morgan fingerprint density at radius 3 is 2.39 bits per heavy atom. The summed E-state index contributed by atoms with van der Waals surface area (Å²) >= 11 is 0. The molecule has 0 saturated carbocycles. The molecule has 4 unspecified atom stereocenters. The third-order valence-corrected chi connectivity index (χ3v) is 5.09. The van der Waals surface area contributed by atoms with Crippen molar-refractivity contribution in [1.82, 2.24) is 0 Å². The normalized spacial score (nSPS) is 30.6. The second-order valence-electron chi connectivity index (χ2n) is 6.42. The fraction of sp³-hybridized carbons (Fsp3) is 0.200. The average molecular weight is 302 g/mol. The summed E-state index contributed by atoms with van der Waals surface area (Å²) in [4.78, 5) is 0. The van der Waals surface area contributed by atoms with E-state index < -0.39 is 7.12 Å². The van der Waals surface area contributed by atoms with Crippen molar-refractivity contribution in [1.29, 1.82) is 0 Å². The van der Waals surface area contributed by atoms with Crippen LogP contribution in [0.15, 0.2) is 78.9 Å². The number of rotatable bonds is 2. The van der Waals surface area contributed by atoms with Crippen molar-refractivity contribution < 1.29 is 10.0 Å². The van der Waals surface area contributed by atoms with Crippen molar-refractivity contribution in [3.05, 3.63) is 84.5 Å². The average Bonchev–Trinajstić information content (AvgIpc) is 2.61. The van der Waals surface area contributed by atoms with Crippen molar-refractivity contribution in [2.24, 2.45) is 23.7 Å². The van der Waals surface area contributed by atoms with Crippen LogP contribution < -0.4 is 5.46 Å². The molecule has 114 valence electrons. The fourth-order valence-corrected chi connectivity index (χ4v) is 3.98. The summed E-state index contributed by atoms with van der Waals surface area (Å²) in [6.07, 6.45) is 20.0. The highest BCUT2D eigenvalue weighted by atomic mass is 16.4. The molecular formula is C20H19BO2. The number of hydrogen-bond acceptors (Lipinski definition) is 2. The summed E-state index contributed by atoms with van der Waals surface area (Å²) in [5, 5.41) is 18.9. The topological polar surface area (TPSA) is 40.5 Å². The highest BCUT2D eigenvalue weighted by Crippen LogP contribution is 2.47. The van der Waals surface area contributed by atoms with Crippen LogP contribution in [-0.4, -0.2) is 17.2 Å². The number of hydrogen-bond donors (Lipinski definition) is 2. The lowest BCUT2D eigenvalue weighted by molar-refractivity contribution is 0.357. The van der Waals surface area contributed by atoms with E-state index in [4.69, 9.17) is 0 Å². The van der Waals surface area contributed by atoms with Crippen LogP contribution in [0.1, 0.15) is 5.56 Å². The van der Waals surface area contributed by atoms with E-state index in [0.29, 0.717) is 29.1 Å². The summed E-state index contributed by atoms with van der Waals surface area (Å²) < 4.78 is 0. The SMILES string of the molecule is OB(O)c1cccc(C2=CC3C=CC=CC3C3C=CC=CC23)c1. The minimum Gasteiger partial charge on any atom is -0.423 e. The first-order chi connectivity index (χ1) is 11.2. The van der Waals surface area contributed by atoms with Crippen molar-refractivity contribution in [3.63, 3.8) is 0 Å². The zero-order valence-electron chi connectivity index (χ0n) is 12.8. The standard InChI is InChI=1S/C20H19BO2/c22-21(23)16-8-5-7-14(12-16)20-13-15-6-1-2-9-17(15)18-10-3-4-11-19(18)20/h1-13,15,17-19,22-23H. The molecular weight excluding hydrogens is 283 g/mol. The van der Waals surface area contributed by atoms with Gasteiger partial charge in [-0.25, -0.2) is 0 Å². The summed E-state index contributed by atoms with van der Waals surface area (Å²) in [6.45, 7) is 0. The Morgan fingerprint density at radius 1 is 0.826 bits per heavy atom. The molecule has 2 nitrogen and oxygen atoms in total. The predicted octanol–water partition coefficient (Wildman–Crippen LogP) is 2.48. The van der Waals surface area contributed by atoms with Crippen LogP contribution in [0.4, 0.5) is 0 Å². The van der Waals surface area contributed by atoms with E-state index >= 15 is 0 Å². The van der Waals surface area contributed by atoms with Crippen LogP contribution in [0.5, 0.6) is 0 Å².